The van der Waals surface area contributed by atoms with Gasteiger partial charge >= 0.3 is 0 Å². The Labute approximate surface area is 328 Å². The first-order chi connectivity index (χ1) is 27.5. The second-order valence-corrected chi connectivity index (χ2v) is 18.1. The Morgan fingerprint density at radius 3 is 2.07 bits per heavy atom. The lowest BCUT2D eigenvalue weighted by atomic mass is 9.36. The number of hydrogen-bond donors (Lipinski definition) is 0. The maximum atomic E-state index is 6.90. The van der Waals surface area contributed by atoms with Crippen molar-refractivity contribution >= 4 is 39.0 Å². The maximum Gasteiger partial charge on any atom is 0.143 e. The molecule has 8 aromatic rings. The van der Waals surface area contributed by atoms with Gasteiger partial charge in [-0.1, -0.05) is 123 Å². The topological polar surface area (TPSA) is 16.4 Å². The molecule has 2 heteroatoms. The quantitative estimate of drug-likeness (QED) is 0.176. The minimum absolute atomic E-state index is 0.0854. The molecule has 0 radical (unpaired) electrons. The molecule has 5 unspecified atom stereocenters. The zero-order valence-electron chi connectivity index (χ0n) is 31.9. The Kier molecular flexibility index (Phi) is 6.11. The molecule has 5 aliphatic carbocycles. The number of para-hydroxylation sites is 1. The Balaban J connectivity index is 0.984. The van der Waals surface area contributed by atoms with Gasteiger partial charge in [0, 0.05) is 38.7 Å². The van der Waals surface area contributed by atoms with Gasteiger partial charge < -0.3 is 9.32 Å². The Hall–Kier alpha value is -5.86. The van der Waals surface area contributed by atoms with Gasteiger partial charge in [0.1, 0.15) is 11.2 Å². The highest BCUT2D eigenvalue weighted by Crippen LogP contribution is 2.82. The summed E-state index contributed by atoms with van der Waals surface area (Å²) in [4.78, 5) is 2.47. The normalized spacial score (nSPS) is 24.2. The molecule has 56 heavy (non-hydrogen) atoms. The lowest BCUT2D eigenvalue weighted by Gasteiger charge is -2.68. The average molecular weight is 722 g/mol. The molecule has 5 atom stereocenters. The van der Waals surface area contributed by atoms with Gasteiger partial charge in [0.25, 0.3) is 0 Å². The van der Waals surface area contributed by atoms with Crippen molar-refractivity contribution < 1.29 is 4.42 Å². The van der Waals surface area contributed by atoms with Crippen LogP contribution in [-0.2, 0) is 5.41 Å². The average Bonchev–Trinajstić information content (AvgIpc) is 3.89. The predicted molar refractivity (Wildman–Crippen MR) is 230 cm³/mol. The third kappa shape index (κ3) is 3.92. The molecular weight excluding hydrogens is 679 g/mol. The van der Waals surface area contributed by atoms with Gasteiger partial charge in [0.15, 0.2) is 0 Å². The van der Waals surface area contributed by atoms with Crippen LogP contribution in [0.25, 0.3) is 55.3 Å². The third-order valence-corrected chi connectivity index (χ3v) is 15.4. The summed E-state index contributed by atoms with van der Waals surface area (Å²) in [5.74, 6) is 3.25. The van der Waals surface area contributed by atoms with E-state index < -0.39 is 0 Å². The first-order valence-electron chi connectivity index (χ1n) is 20.8. The van der Waals surface area contributed by atoms with E-state index in [4.69, 9.17) is 4.42 Å². The molecule has 0 aliphatic heterocycles. The number of furan rings is 1. The monoisotopic (exact) mass is 721 g/mol. The number of rotatable bonds is 5. The van der Waals surface area contributed by atoms with E-state index in [1.54, 1.807) is 11.1 Å². The molecule has 3 saturated carbocycles. The number of fused-ring (bicyclic) bond motifs is 11. The van der Waals surface area contributed by atoms with E-state index in [-0.39, 0.29) is 5.41 Å². The van der Waals surface area contributed by atoms with Gasteiger partial charge in [0.2, 0.25) is 0 Å². The van der Waals surface area contributed by atoms with Crippen LogP contribution in [0.2, 0.25) is 0 Å². The molecule has 2 bridgehead atoms. The summed E-state index contributed by atoms with van der Waals surface area (Å²) >= 11 is 0. The minimum Gasteiger partial charge on any atom is -0.455 e. The van der Waals surface area contributed by atoms with Crippen LogP contribution in [0, 0.1) is 17.3 Å². The van der Waals surface area contributed by atoms with Gasteiger partial charge in [-0.15, -0.1) is 0 Å². The Bertz CT molecular complexity index is 2920. The minimum atomic E-state index is -0.0854. The molecule has 270 valence electrons. The van der Waals surface area contributed by atoms with Crippen molar-refractivity contribution in [2.75, 3.05) is 4.90 Å². The van der Waals surface area contributed by atoms with E-state index >= 15 is 0 Å². The summed E-state index contributed by atoms with van der Waals surface area (Å²) in [5.41, 5.74) is 19.7. The van der Waals surface area contributed by atoms with Crippen molar-refractivity contribution in [2.24, 2.45) is 17.3 Å². The van der Waals surface area contributed by atoms with Crippen LogP contribution in [0.4, 0.5) is 17.1 Å². The summed E-state index contributed by atoms with van der Waals surface area (Å²) in [6.07, 6.45) is 5.60. The van der Waals surface area contributed by atoms with Crippen LogP contribution in [0.15, 0.2) is 156 Å². The summed E-state index contributed by atoms with van der Waals surface area (Å²) in [6, 6.07) is 56.4. The van der Waals surface area contributed by atoms with Crippen LogP contribution >= 0.6 is 0 Å². The van der Waals surface area contributed by atoms with Crippen LogP contribution in [-0.4, -0.2) is 0 Å². The maximum absolute atomic E-state index is 6.90. The molecule has 5 aliphatic rings. The highest BCUT2D eigenvalue weighted by atomic mass is 16.3. The van der Waals surface area contributed by atoms with Crippen molar-refractivity contribution in [1.29, 1.82) is 0 Å². The standard InChI is InChI=1S/C54H43NO/c1-53(2)44-15-8-6-13-40(44)49-45(53)16-10-17-47(49)55(38-23-19-33(20-24-38)32-11-4-3-5-12-32)39-25-21-34(22-26-39)43-30-42-35-27-36-28-37-29-46(54(36,37)31-35)50(42)51-41-14-7-9-18-48(41)56-52(43)51/h3-26,30,35-37,46H,27-29,31H2,1-2H3. The van der Waals surface area contributed by atoms with Crippen LogP contribution in [0.1, 0.15) is 73.6 Å². The summed E-state index contributed by atoms with van der Waals surface area (Å²) < 4.78 is 6.90. The van der Waals surface area contributed by atoms with Crippen molar-refractivity contribution in [3.8, 4) is 33.4 Å². The number of nitrogens with zero attached hydrogens (tertiary/aromatic N) is 1. The molecule has 1 heterocycles. The van der Waals surface area contributed by atoms with Crippen LogP contribution < -0.4 is 4.90 Å². The van der Waals surface area contributed by atoms with Crippen molar-refractivity contribution in [1.82, 2.24) is 0 Å². The lowest BCUT2D eigenvalue weighted by Crippen LogP contribution is -2.59. The van der Waals surface area contributed by atoms with Gasteiger partial charge in [0.05, 0.1) is 5.69 Å². The van der Waals surface area contributed by atoms with E-state index in [9.17, 15) is 0 Å². The molecule has 3 fully saturated rings. The van der Waals surface area contributed by atoms with E-state index in [1.807, 2.05) is 0 Å². The van der Waals surface area contributed by atoms with Gasteiger partial charge in [-0.05, 0) is 142 Å². The molecule has 7 aromatic carbocycles. The van der Waals surface area contributed by atoms with Gasteiger partial charge in [-0.25, -0.2) is 0 Å². The fourth-order valence-corrected chi connectivity index (χ4v) is 12.9. The summed E-state index contributed by atoms with van der Waals surface area (Å²) in [6.45, 7) is 4.73. The van der Waals surface area contributed by atoms with Crippen molar-refractivity contribution in [2.45, 2.75) is 56.8 Å². The number of anilines is 3. The molecular formula is C54H43NO. The Morgan fingerprint density at radius 2 is 1.27 bits per heavy atom. The second-order valence-electron chi connectivity index (χ2n) is 18.1. The van der Waals surface area contributed by atoms with Crippen LogP contribution in [0.3, 0.4) is 0 Å². The fraction of sp³-hybridized carbons (Fsp3) is 0.222. The molecule has 0 saturated heterocycles. The largest absolute Gasteiger partial charge is 0.455 e. The first kappa shape index (κ1) is 31.4. The Morgan fingerprint density at radius 1 is 0.589 bits per heavy atom. The molecule has 1 spiro atoms. The SMILES string of the molecule is CC1(C)c2ccccc2-c2c(N(c3ccc(-c4ccccc4)cc3)c3ccc(-c4cc5c(c6c4oc4ccccc46)C4CC6CC7CC5CC764)cc3)cccc21. The zero-order chi connectivity index (χ0) is 36.9. The van der Waals surface area contributed by atoms with E-state index in [0.717, 1.165) is 34.4 Å². The van der Waals surface area contributed by atoms with Gasteiger partial charge in [-0.3, -0.25) is 0 Å². The van der Waals surface area contributed by atoms with Crippen molar-refractivity contribution in [3.05, 3.63) is 174 Å². The van der Waals surface area contributed by atoms with Crippen LogP contribution in [0.5, 0.6) is 0 Å². The molecule has 2 nitrogen and oxygen atoms in total. The highest BCUT2D eigenvalue weighted by molar-refractivity contribution is 6.12. The molecule has 0 amide bonds. The fourth-order valence-electron chi connectivity index (χ4n) is 12.9. The predicted octanol–water partition coefficient (Wildman–Crippen LogP) is 14.7. The third-order valence-electron chi connectivity index (χ3n) is 15.4. The van der Waals surface area contributed by atoms with Crippen molar-refractivity contribution in [3.63, 3.8) is 0 Å². The summed E-state index contributed by atoms with van der Waals surface area (Å²) in [5, 5.41) is 2.69. The molecule has 0 N–H and O–H groups in total. The van der Waals surface area contributed by atoms with E-state index in [0.29, 0.717) is 17.3 Å². The number of hydrogen-bond acceptors (Lipinski definition) is 2. The highest BCUT2D eigenvalue weighted by Gasteiger charge is 2.72. The molecule has 1 aromatic heterocycles. The van der Waals surface area contributed by atoms with E-state index in [2.05, 4.69) is 170 Å². The first-order valence-corrected chi connectivity index (χ1v) is 20.8. The number of benzene rings is 7. The van der Waals surface area contributed by atoms with Gasteiger partial charge in [-0.2, -0.15) is 0 Å². The van der Waals surface area contributed by atoms with E-state index in [1.165, 1.54) is 86.7 Å². The lowest BCUT2D eigenvalue weighted by molar-refractivity contribution is -0.146. The summed E-state index contributed by atoms with van der Waals surface area (Å²) in [7, 11) is 0. The molecule has 13 rings (SSSR count). The smallest absolute Gasteiger partial charge is 0.143 e. The second kappa shape index (κ2) is 10.9. The zero-order valence-corrected chi connectivity index (χ0v) is 31.9.